The van der Waals surface area contributed by atoms with E-state index in [2.05, 4.69) is 4.74 Å². The zero-order valence-electron chi connectivity index (χ0n) is 6.99. The number of esters is 1. The lowest BCUT2D eigenvalue weighted by atomic mass is 10.8. The van der Waals surface area contributed by atoms with E-state index in [0.29, 0.717) is 6.61 Å². The van der Waals surface area contributed by atoms with Gasteiger partial charge >= 0.3 is 5.97 Å². The van der Waals surface area contributed by atoms with Crippen molar-refractivity contribution in [1.29, 1.82) is 0 Å². The molecule has 0 N–H and O–H groups in total. The monoisotopic (exact) mass is 180 g/mol. The third-order valence-corrected chi connectivity index (χ3v) is 2.68. The van der Waals surface area contributed by atoms with Crippen LogP contribution in [0.1, 0.15) is 6.92 Å². The van der Waals surface area contributed by atoms with Crippen molar-refractivity contribution >= 4 is 13.3 Å². The Bertz CT molecular complexity index is 177. The van der Waals surface area contributed by atoms with Gasteiger partial charge in [-0.25, -0.2) is 0 Å². The molecular weight excluding hydrogens is 167 g/mol. The van der Waals surface area contributed by atoms with Gasteiger partial charge in [0.25, 0.3) is 0 Å². The van der Waals surface area contributed by atoms with Gasteiger partial charge in [-0.1, -0.05) is 0 Å². The van der Waals surface area contributed by atoms with Gasteiger partial charge in [0.15, 0.2) is 0 Å². The van der Waals surface area contributed by atoms with Crippen molar-refractivity contribution in [3.05, 3.63) is 0 Å². The molecule has 0 aromatic heterocycles. The lowest BCUT2D eigenvalue weighted by molar-refractivity contribution is -0.137. The lowest BCUT2D eigenvalue weighted by Crippen LogP contribution is -2.08. The highest BCUT2D eigenvalue weighted by molar-refractivity contribution is 7.59. The minimum Gasteiger partial charge on any atom is -0.469 e. The quantitative estimate of drug-likeness (QED) is 0.480. The van der Waals surface area contributed by atoms with Crippen LogP contribution in [0.3, 0.4) is 0 Å². The number of hydrogen-bond acceptors (Lipinski definition) is 4. The summed E-state index contributed by atoms with van der Waals surface area (Å²) in [7, 11) is -1.48. The highest BCUT2D eigenvalue weighted by Crippen LogP contribution is 2.41. The second-order valence-corrected chi connectivity index (χ2v) is 4.77. The Morgan fingerprint density at radius 1 is 1.55 bits per heavy atom. The van der Waals surface area contributed by atoms with Crippen LogP contribution in [-0.4, -0.2) is 32.5 Å². The second-order valence-electron chi connectivity index (χ2n) is 2.17. The van der Waals surface area contributed by atoms with E-state index in [1.165, 1.54) is 13.8 Å². The fourth-order valence-corrected chi connectivity index (χ4v) is 1.85. The Balaban J connectivity index is 3.91. The first-order valence-electron chi connectivity index (χ1n) is 3.29. The van der Waals surface area contributed by atoms with Crippen LogP contribution < -0.4 is 0 Å². The van der Waals surface area contributed by atoms with Gasteiger partial charge in [-0.15, -0.1) is 0 Å². The molecule has 0 radical (unpaired) electrons. The average molecular weight is 180 g/mol. The molecule has 11 heavy (non-hydrogen) atoms. The Kier molecular flexibility index (Phi) is 4.38. The number of rotatable bonds is 4. The van der Waals surface area contributed by atoms with E-state index in [0.717, 1.165) is 0 Å². The minimum atomic E-state index is -2.74. The maximum Gasteiger partial charge on any atom is 0.315 e. The lowest BCUT2D eigenvalue weighted by Gasteiger charge is -2.09. The normalized spacial score (nSPS) is 15.5. The van der Waals surface area contributed by atoms with Crippen molar-refractivity contribution in [2.24, 2.45) is 0 Å². The SMILES string of the molecule is CCOP(C)(=O)CC(=O)OC. The molecule has 0 heterocycles. The average Bonchev–Trinajstić information content (AvgIpc) is 1.86. The van der Waals surface area contributed by atoms with Crippen molar-refractivity contribution in [2.75, 3.05) is 26.5 Å². The fourth-order valence-electron chi connectivity index (χ4n) is 0.618. The van der Waals surface area contributed by atoms with Crippen LogP contribution in [-0.2, 0) is 18.6 Å². The van der Waals surface area contributed by atoms with Gasteiger partial charge in [0.2, 0.25) is 7.37 Å². The zero-order chi connectivity index (χ0) is 8.91. The predicted molar refractivity (Wildman–Crippen MR) is 42.0 cm³/mol. The van der Waals surface area contributed by atoms with E-state index >= 15 is 0 Å². The summed E-state index contributed by atoms with van der Waals surface area (Å²) in [4.78, 5) is 10.6. The van der Waals surface area contributed by atoms with Gasteiger partial charge in [0, 0.05) is 6.66 Å². The number of carbonyl (C=O) groups excluding carboxylic acids is 1. The van der Waals surface area contributed by atoms with Crippen molar-refractivity contribution < 1.29 is 18.6 Å². The molecule has 1 unspecified atom stereocenters. The number of ether oxygens (including phenoxy) is 1. The first-order chi connectivity index (χ1) is 5.02. The van der Waals surface area contributed by atoms with Crippen LogP contribution in [0.25, 0.3) is 0 Å². The number of methoxy groups -OCH3 is 1. The molecule has 0 rings (SSSR count). The largest absolute Gasteiger partial charge is 0.469 e. The van der Waals surface area contributed by atoms with Crippen LogP contribution in [0.2, 0.25) is 0 Å². The zero-order valence-corrected chi connectivity index (χ0v) is 7.89. The molecule has 0 aliphatic heterocycles. The molecule has 0 fully saturated rings. The van der Waals surface area contributed by atoms with Gasteiger partial charge in [-0.05, 0) is 6.92 Å². The van der Waals surface area contributed by atoms with E-state index in [-0.39, 0.29) is 6.16 Å². The summed E-state index contributed by atoms with van der Waals surface area (Å²) >= 11 is 0. The Morgan fingerprint density at radius 2 is 2.09 bits per heavy atom. The van der Waals surface area contributed by atoms with Gasteiger partial charge < -0.3 is 9.26 Å². The topological polar surface area (TPSA) is 52.6 Å². The number of carbonyl (C=O) groups is 1. The second kappa shape index (κ2) is 4.52. The van der Waals surface area contributed by atoms with Gasteiger partial charge in [0.05, 0.1) is 13.7 Å². The maximum atomic E-state index is 11.3. The Hall–Kier alpha value is -0.340. The van der Waals surface area contributed by atoms with Crippen LogP contribution in [0.5, 0.6) is 0 Å². The molecule has 1 atom stereocenters. The van der Waals surface area contributed by atoms with Gasteiger partial charge in [-0.3, -0.25) is 9.36 Å². The van der Waals surface area contributed by atoms with E-state index in [1.54, 1.807) is 6.92 Å². The third kappa shape index (κ3) is 4.99. The highest BCUT2D eigenvalue weighted by atomic mass is 31.2. The molecule has 0 amide bonds. The molecule has 0 aliphatic rings. The third-order valence-electron chi connectivity index (χ3n) is 1.05. The minimum absolute atomic E-state index is 0.142. The van der Waals surface area contributed by atoms with Crippen molar-refractivity contribution in [3.8, 4) is 0 Å². The smallest absolute Gasteiger partial charge is 0.315 e. The molecule has 0 saturated heterocycles. The molecule has 0 aromatic rings. The molecule has 0 aliphatic carbocycles. The van der Waals surface area contributed by atoms with E-state index in [9.17, 15) is 9.36 Å². The first-order valence-corrected chi connectivity index (χ1v) is 5.55. The molecule has 4 nitrogen and oxygen atoms in total. The van der Waals surface area contributed by atoms with E-state index < -0.39 is 13.3 Å². The summed E-state index contributed by atoms with van der Waals surface area (Å²) < 4.78 is 20.5. The molecule has 5 heteroatoms. The standard InChI is InChI=1S/C6H13O4P/c1-4-10-11(3,8)5-6(7)9-2/h4-5H2,1-3H3. The summed E-state index contributed by atoms with van der Waals surface area (Å²) in [5.41, 5.74) is 0. The first kappa shape index (κ1) is 10.7. The summed E-state index contributed by atoms with van der Waals surface area (Å²) in [5.74, 6) is -0.496. The summed E-state index contributed by atoms with van der Waals surface area (Å²) in [6, 6.07) is 0. The summed E-state index contributed by atoms with van der Waals surface area (Å²) in [6.45, 7) is 3.51. The summed E-state index contributed by atoms with van der Waals surface area (Å²) in [6.07, 6.45) is -0.142. The Labute approximate surface area is 66.3 Å². The molecule has 0 spiro atoms. The van der Waals surface area contributed by atoms with Crippen LogP contribution in [0.4, 0.5) is 0 Å². The van der Waals surface area contributed by atoms with Crippen molar-refractivity contribution in [3.63, 3.8) is 0 Å². The van der Waals surface area contributed by atoms with Gasteiger partial charge in [-0.2, -0.15) is 0 Å². The van der Waals surface area contributed by atoms with Crippen LogP contribution in [0.15, 0.2) is 0 Å². The molecule has 0 saturated carbocycles. The molecule has 0 bridgehead atoms. The molecule has 66 valence electrons. The predicted octanol–water partition coefficient (Wildman–Crippen LogP) is 1.10. The maximum absolute atomic E-state index is 11.3. The fraction of sp³-hybridized carbons (Fsp3) is 0.833. The van der Waals surface area contributed by atoms with Crippen molar-refractivity contribution in [2.45, 2.75) is 6.92 Å². The Morgan fingerprint density at radius 3 is 2.45 bits per heavy atom. The van der Waals surface area contributed by atoms with Crippen LogP contribution in [0, 0.1) is 0 Å². The van der Waals surface area contributed by atoms with E-state index in [4.69, 9.17) is 4.52 Å². The van der Waals surface area contributed by atoms with Crippen molar-refractivity contribution in [1.82, 2.24) is 0 Å². The molecule has 0 aromatic carbocycles. The number of hydrogen-bond donors (Lipinski definition) is 0. The van der Waals surface area contributed by atoms with E-state index in [1.807, 2.05) is 0 Å². The highest BCUT2D eigenvalue weighted by Gasteiger charge is 2.20. The molecular formula is C6H13O4P. The van der Waals surface area contributed by atoms with Crippen LogP contribution >= 0.6 is 7.37 Å². The van der Waals surface area contributed by atoms with Gasteiger partial charge in [0.1, 0.15) is 6.16 Å². The summed E-state index contributed by atoms with van der Waals surface area (Å²) in [5, 5.41) is 0.